The van der Waals surface area contributed by atoms with Gasteiger partial charge >= 0.3 is 0 Å². The summed E-state index contributed by atoms with van der Waals surface area (Å²) in [7, 11) is -4.13. The van der Waals surface area contributed by atoms with Gasteiger partial charge in [0.2, 0.25) is 11.8 Å². The lowest BCUT2D eigenvalue weighted by Crippen LogP contribution is -2.54. The van der Waals surface area contributed by atoms with Crippen molar-refractivity contribution in [1.82, 2.24) is 10.2 Å². The van der Waals surface area contributed by atoms with E-state index in [0.717, 1.165) is 21.0 Å². The fourth-order valence-electron chi connectivity index (χ4n) is 4.75. The lowest BCUT2D eigenvalue weighted by molar-refractivity contribution is -0.140. The molecule has 0 aromatic heterocycles. The predicted octanol–water partition coefficient (Wildman–Crippen LogP) is 6.01. The van der Waals surface area contributed by atoms with Crippen LogP contribution < -0.4 is 9.62 Å². The van der Waals surface area contributed by atoms with Crippen molar-refractivity contribution < 1.29 is 18.0 Å². The van der Waals surface area contributed by atoms with Crippen molar-refractivity contribution in [3.8, 4) is 0 Å². The third-order valence-electron chi connectivity index (χ3n) is 6.87. The highest BCUT2D eigenvalue weighted by molar-refractivity contribution is 7.92. The minimum Gasteiger partial charge on any atom is -0.352 e. The zero-order valence-electron chi connectivity index (χ0n) is 24.5. The van der Waals surface area contributed by atoms with Gasteiger partial charge in [0.25, 0.3) is 10.0 Å². The summed E-state index contributed by atoms with van der Waals surface area (Å²) in [4.78, 5) is 29.6. The van der Waals surface area contributed by atoms with Gasteiger partial charge in [0, 0.05) is 24.0 Å². The number of hydrogen-bond acceptors (Lipinski definition) is 4. The van der Waals surface area contributed by atoms with Gasteiger partial charge in [-0.25, -0.2) is 8.42 Å². The maximum atomic E-state index is 14.4. The molecular formula is C34H36ClN3O4S. The predicted molar refractivity (Wildman–Crippen MR) is 171 cm³/mol. The summed E-state index contributed by atoms with van der Waals surface area (Å²) in [5, 5.41) is 3.50. The first kappa shape index (κ1) is 31.8. The number of rotatable bonds is 12. The summed E-state index contributed by atoms with van der Waals surface area (Å²) in [6.07, 6.45) is 0.245. The second-order valence-electron chi connectivity index (χ2n) is 10.7. The molecule has 7 nitrogen and oxygen atoms in total. The first-order valence-electron chi connectivity index (χ1n) is 14.1. The fourth-order valence-corrected chi connectivity index (χ4v) is 6.31. The third-order valence-corrected chi connectivity index (χ3v) is 8.91. The van der Waals surface area contributed by atoms with Crippen LogP contribution >= 0.6 is 11.6 Å². The molecule has 0 fully saturated rings. The number of carbonyl (C=O) groups is 2. The Bertz CT molecular complexity index is 1630. The number of carbonyl (C=O) groups excluding carboxylic acids is 2. The van der Waals surface area contributed by atoms with Gasteiger partial charge in [-0.3, -0.25) is 13.9 Å². The highest BCUT2D eigenvalue weighted by atomic mass is 35.5. The Labute approximate surface area is 259 Å². The number of amides is 2. The third kappa shape index (κ3) is 8.46. The van der Waals surface area contributed by atoms with Gasteiger partial charge in [-0.05, 0) is 73.9 Å². The number of halogens is 1. The van der Waals surface area contributed by atoms with E-state index in [2.05, 4.69) is 5.32 Å². The van der Waals surface area contributed by atoms with Crippen LogP contribution in [0.25, 0.3) is 0 Å². The summed E-state index contributed by atoms with van der Waals surface area (Å²) in [5.41, 5.74) is 2.82. The molecular weight excluding hydrogens is 582 g/mol. The van der Waals surface area contributed by atoms with E-state index in [-0.39, 0.29) is 29.8 Å². The molecule has 0 saturated heterocycles. The maximum absolute atomic E-state index is 14.4. The molecule has 1 atom stereocenters. The van der Waals surface area contributed by atoms with Crippen molar-refractivity contribution >= 4 is 39.1 Å². The topological polar surface area (TPSA) is 86.8 Å². The number of hydrogen-bond donors (Lipinski definition) is 1. The summed E-state index contributed by atoms with van der Waals surface area (Å²) in [6, 6.07) is 30.4. The first-order valence-corrected chi connectivity index (χ1v) is 15.9. The Kier molecular flexibility index (Phi) is 10.6. The molecule has 4 rings (SSSR count). The van der Waals surface area contributed by atoms with Crippen LogP contribution in [-0.4, -0.2) is 43.8 Å². The highest BCUT2D eigenvalue weighted by Gasteiger charge is 2.34. The Morgan fingerprint density at radius 3 is 2.05 bits per heavy atom. The van der Waals surface area contributed by atoms with Gasteiger partial charge in [0.05, 0.1) is 10.6 Å². The SMILES string of the molecule is Cc1cccc(N(CC(=O)N(Cc2ccc(Cl)cc2)[C@H](Cc2ccccc2)C(=O)NC(C)C)S(=O)(=O)c2ccccc2)c1. The second-order valence-corrected chi connectivity index (χ2v) is 13.0. The minimum absolute atomic E-state index is 0.0620. The van der Waals surface area contributed by atoms with E-state index in [0.29, 0.717) is 10.7 Å². The van der Waals surface area contributed by atoms with Crippen LogP contribution in [0.15, 0.2) is 114 Å². The van der Waals surface area contributed by atoms with Gasteiger partial charge in [-0.2, -0.15) is 0 Å². The van der Waals surface area contributed by atoms with Crippen LogP contribution in [0.1, 0.15) is 30.5 Å². The number of aryl methyl sites for hydroxylation is 1. The van der Waals surface area contributed by atoms with Gasteiger partial charge in [0.15, 0.2) is 0 Å². The Hall–Kier alpha value is -4.14. The van der Waals surface area contributed by atoms with E-state index in [1.807, 2.05) is 57.2 Å². The monoisotopic (exact) mass is 617 g/mol. The van der Waals surface area contributed by atoms with Crippen LogP contribution in [0.5, 0.6) is 0 Å². The number of anilines is 1. The smallest absolute Gasteiger partial charge is 0.264 e. The lowest BCUT2D eigenvalue weighted by atomic mass is 10.0. The largest absolute Gasteiger partial charge is 0.352 e. The van der Waals surface area contributed by atoms with Crippen LogP contribution in [0, 0.1) is 6.92 Å². The molecule has 9 heteroatoms. The molecule has 0 spiro atoms. The number of nitrogens with zero attached hydrogens (tertiary/aromatic N) is 2. The van der Waals surface area contributed by atoms with Gasteiger partial charge in [-0.1, -0.05) is 84.4 Å². The van der Waals surface area contributed by atoms with Crippen molar-refractivity contribution in [1.29, 1.82) is 0 Å². The van der Waals surface area contributed by atoms with E-state index < -0.39 is 28.5 Å². The normalized spacial score (nSPS) is 12.0. The average Bonchev–Trinajstić information content (AvgIpc) is 2.99. The summed E-state index contributed by atoms with van der Waals surface area (Å²) < 4.78 is 29.1. The fraction of sp³-hybridized carbons (Fsp3) is 0.235. The van der Waals surface area contributed by atoms with Crippen molar-refractivity contribution in [3.63, 3.8) is 0 Å². The molecule has 4 aromatic carbocycles. The number of nitrogens with one attached hydrogen (secondary N) is 1. The molecule has 0 saturated carbocycles. The number of sulfonamides is 1. The van der Waals surface area contributed by atoms with Crippen molar-refractivity contribution in [3.05, 3.63) is 131 Å². The van der Waals surface area contributed by atoms with E-state index in [9.17, 15) is 18.0 Å². The van der Waals surface area contributed by atoms with Gasteiger partial charge in [-0.15, -0.1) is 0 Å². The van der Waals surface area contributed by atoms with E-state index in [4.69, 9.17) is 11.6 Å². The molecule has 0 radical (unpaired) electrons. The van der Waals surface area contributed by atoms with E-state index in [1.165, 1.54) is 17.0 Å². The van der Waals surface area contributed by atoms with Crippen LogP contribution in [-0.2, 0) is 32.6 Å². The quantitative estimate of drug-likeness (QED) is 0.211. The maximum Gasteiger partial charge on any atom is 0.264 e. The van der Waals surface area contributed by atoms with Crippen LogP contribution in [0.2, 0.25) is 5.02 Å². The molecule has 0 bridgehead atoms. The molecule has 0 unspecified atom stereocenters. The summed E-state index contributed by atoms with van der Waals surface area (Å²) >= 11 is 6.13. The second kappa shape index (κ2) is 14.4. The highest BCUT2D eigenvalue weighted by Crippen LogP contribution is 2.26. The molecule has 0 aliphatic heterocycles. The van der Waals surface area contributed by atoms with Crippen molar-refractivity contribution in [2.24, 2.45) is 0 Å². The zero-order chi connectivity index (χ0) is 31.0. The average molecular weight is 618 g/mol. The Morgan fingerprint density at radius 1 is 0.814 bits per heavy atom. The zero-order valence-corrected chi connectivity index (χ0v) is 26.1. The van der Waals surface area contributed by atoms with Crippen LogP contribution in [0.4, 0.5) is 5.69 Å². The van der Waals surface area contributed by atoms with E-state index in [1.54, 1.807) is 60.7 Å². The van der Waals surface area contributed by atoms with E-state index >= 15 is 0 Å². The van der Waals surface area contributed by atoms with Crippen molar-refractivity contribution in [2.45, 2.75) is 50.7 Å². The van der Waals surface area contributed by atoms with Crippen LogP contribution in [0.3, 0.4) is 0 Å². The molecule has 4 aromatic rings. The summed E-state index contributed by atoms with van der Waals surface area (Å²) in [5.74, 6) is -0.843. The molecule has 1 N–H and O–H groups in total. The molecule has 0 aliphatic carbocycles. The van der Waals surface area contributed by atoms with Crippen molar-refractivity contribution in [2.75, 3.05) is 10.8 Å². The Morgan fingerprint density at radius 2 is 1.44 bits per heavy atom. The van der Waals surface area contributed by atoms with Gasteiger partial charge in [0.1, 0.15) is 12.6 Å². The Balaban J connectivity index is 1.80. The summed E-state index contributed by atoms with van der Waals surface area (Å²) in [6.45, 7) is 5.14. The minimum atomic E-state index is -4.13. The molecule has 2 amide bonds. The molecule has 0 heterocycles. The molecule has 43 heavy (non-hydrogen) atoms. The number of benzene rings is 4. The first-order chi connectivity index (χ1) is 20.5. The molecule has 224 valence electrons. The van der Waals surface area contributed by atoms with Gasteiger partial charge < -0.3 is 10.2 Å². The standard InChI is InChI=1S/C34H36ClN3O4S/c1-25(2)36-34(40)32(22-27-12-6-4-7-13-27)37(23-28-17-19-29(35)20-18-28)33(39)24-38(30-14-10-11-26(3)21-30)43(41,42)31-15-8-5-9-16-31/h4-21,25,32H,22-24H2,1-3H3,(H,36,40)/t32-/m1/s1. The lowest BCUT2D eigenvalue weighted by Gasteiger charge is -2.34. The molecule has 0 aliphatic rings.